The molecule has 1 aromatic rings. The predicted molar refractivity (Wildman–Crippen MR) is 77.5 cm³/mol. The first-order chi connectivity index (χ1) is 9.10. The van der Waals surface area contributed by atoms with Gasteiger partial charge in [-0.1, -0.05) is 31.9 Å². The molecule has 1 atom stereocenters. The highest BCUT2D eigenvalue weighted by Gasteiger charge is 2.27. The molecule has 1 amide bonds. The lowest BCUT2D eigenvalue weighted by molar-refractivity contribution is 0.0946. The van der Waals surface area contributed by atoms with Gasteiger partial charge in [0.25, 0.3) is 5.91 Å². The SMILES string of the molecule is CCCc1cc(C(=O)NCC(C)C2CC2)cc(Cl)n1. The summed E-state index contributed by atoms with van der Waals surface area (Å²) in [5.74, 6) is 1.32. The summed E-state index contributed by atoms with van der Waals surface area (Å²) in [6, 6.07) is 3.48. The van der Waals surface area contributed by atoms with Crippen molar-refractivity contribution in [3.63, 3.8) is 0 Å². The number of aryl methyl sites for hydroxylation is 1. The highest BCUT2D eigenvalue weighted by molar-refractivity contribution is 6.29. The topological polar surface area (TPSA) is 42.0 Å². The van der Waals surface area contributed by atoms with Gasteiger partial charge in [0.2, 0.25) is 0 Å². The third-order valence-electron chi connectivity index (χ3n) is 3.63. The van der Waals surface area contributed by atoms with Gasteiger partial charge < -0.3 is 5.32 Å². The summed E-state index contributed by atoms with van der Waals surface area (Å²) in [4.78, 5) is 16.3. The molecule has 1 N–H and O–H groups in total. The number of nitrogens with one attached hydrogen (secondary N) is 1. The van der Waals surface area contributed by atoms with Crippen LogP contribution < -0.4 is 5.32 Å². The number of halogens is 1. The summed E-state index contributed by atoms with van der Waals surface area (Å²) in [7, 11) is 0. The Morgan fingerprint density at radius 1 is 1.53 bits per heavy atom. The smallest absolute Gasteiger partial charge is 0.251 e. The van der Waals surface area contributed by atoms with Crippen molar-refractivity contribution in [2.24, 2.45) is 11.8 Å². The number of rotatable bonds is 6. The van der Waals surface area contributed by atoms with Crippen LogP contribution in [0.3, 0.4) is 0 Å². The zero-order chi connectivity index (χ0) is 13.8. The molecule has 0 radical (unpaired) electrons. The Kier molecular flexibility index (Phi) is 4.81. The number of carbonyl (C=O) groups is 1. The van der Waals surface area contributed by atoms with Crippen molar-refractivity contribution in [2.45, 2.75) is 39.5 Å². The van der Waals surface area contributed by atoms with Crippen molar-refractivity contribution in [1.29, 1.82) is 0 Å². The molecule has 1 fully saturated rings. The summed E-state index contributed by atoms with van der Waals surface area (Å²) < 4.78 is 0. The minimum absolute atomic E-state index is 0.0471. The van der Waals surface area contributed by atoms with Crippen molar-refractivity contribution < 1.29 is 4.79 Å². The fourth-order valence-corrected chi connectivity index (χ4v) is 2.48. The zero-order valence-electron chi connectivity index (χ0n) is 11.6. The third-order valence-corrected chi connectivity index (χ3v) is 3.82. The van der Waals surface area contributed by atoms with E-state index in [1.165, 1.54) is 12.8 Å². The first kappa shape index (κ1) is 14.3. The second-order valence-electron chi connectivity index (χ2n) is 5.44. The Hall–Kier alpha value is -1.09. The molecule has 0 spiro atoms. The normalized spacial score (nSPS) is 16.2. The molecular weight excluding hydrogens is 260 g/mol. The minimum atomic E-state index is -0.0471. The molecule has 0 aliphatic heterocycles. The Labute approximate surface area is 119 Å². The summed E-state index contributed by atoms with van der Waals surface area (Å²) in [6.07, 6.45) is 4.45. The molecule has 104 valence electrons. The predicted octanol–water partition coefficient (Wildman–Crippen LogP) is 3.46. The highest BCUT2D eigenvalue weighted by Crippen LogP contribution is 2.36. The molecule has 19 heavy (non-hydrogen) atoms. The van der Waals surface area contributed by atoms with Crippen LogP contribution in [0.25, 0.3) is 0 Å². The van der Waals surface area contributed by atoms with E-state index in [4.69, 9.17) is 11.6 Å². The second kappa shape index (κ2) is 6.38. The van der Waals surface area contributed by atoms with Gasteiger partial charge in [0.1, 0.15) is 5.15 Å². The molecule has 1 heterocycles. The van der Waals surface area contributed by atoms with Gasteiger partial charge in [-0.3, -0.25) is 4.79 Å². The van der Waals surface area contributed by atoms with Gasteiger partial charge >= 0.3 is 0 Å². The van der Waals surface area contributed by atoms with E-state index in [2.05, 4.69) is 24.1 Å². The van der Waals surface area contributed by atoms with Crippen molar-refractivity contribution in [3.05, 3.63) is 28.5 Å². The maximum atomic E-state index is 12.1. The largest absolute Gasteiger partial charge is 0.352 e. The number of nitrogens with zero attached hydrogens (tertiary/aromatic N) is 1. The van der Waals surface area contributed by atoms with Gasteiger partial charge in [-0.2, -0.15) is 0 Å². The Balaban J connectivity index is 1.97. The van der Waals surface area contributed by atoms with Gasteiger partial charge in [0.05, 0.1) is 0 Å². The van der Waals surface area contributed by atoms with Crippen LogP contribution >= 0.6 is 11.6 Å². The minimum Gasteiger partial charge on any atom is -0.352 e. The fourth-order valence-electron chi connectivity index (χ4n) is 2.25. The van der Waals surface area contributed by atoms with E-state index in [1.54, 1.807) is 6.07 Å². The van der Waals surface area contributed by atoms with Crippen molar-refractivity contribution in [1.82, 2.24) is 10.3 Å². The van der Waals surface area contributed by atoms with Crippen LogP contribution in [-0.4, -0.2) is 17.4 Å². The fraction of sp³-hybridized carbons (Fsp3) is 0.600. The van der Waals surface area contributed by atoms with Crippen LogP contribution in [0.2, 0.25) is 5.15 Å². The first-order valence-corrected chi connectivity index (χ1v) is 7.42. The van der Waals surface area contributed by atoms with E-state index < -0.39 is 0 Å². The molecular formula is C15H21ClN2O. The number of hydrogen-bond acceptors (Lipinski definition) is 2. The third kappa shape index (κ3) is 4.20. The van der Waals surface area contributed by atoms with E-state index in [0.29, 0.717) is 16.6 Å². The summed E-state index contributed by atoms with van der Waals surface area (Å²) in [5, 5.41) is 3.39. The van der Waals surface area contributed by atoms with Gasteiger partial charge in [-0.05, 0) is 43.2 Å². The molecule has 0 bridgehead atoms. The monoisotopic (exact) mass is 280 g/mol. The van der Waals surface area contributed by atoms with E-state index in [1.807, 2.05) is 6.07 Å². The zero-order valence-corrected chi connectivity index (χ0v) is 12.3. The Morgan fingerprint density at radius 2 is 2.26 bits per heavy atom. The average molecular weight is 281 g/mol. The maximum absolute atomic E-state index is 12.1. The summed E-state index contributed by atoms with van der Waals surface area (Å²) in [5.41, 5.74) is 1.50. The molecule has 0 saturated heterocycles. The molecule has 2 rings (SSSR count). The molecule has 4 heteroatoms. The van der Waals surface area contributed by atoms with E-state index in [9.17, 15) is 4.79 Å². The van der Waals surface area contributed by atoms with Crippen LogP contribution in [0.15, 0.2) is 12.1 Å². The van der Waals surface area contributed by atoms with Crippen LogP contribution in [0.1, 0.15) is 49.2 Å². The summed E-state index contributed by atoms with van der Waals surface area (Å²) >= 11 is 5.96. The molecule has 1 aromatic heterocycles. The Bertz CT molecular complexity index is 457. The first-order valence-electron chi connectivity index (χ1n) is 7.04. The van der Waals surface area contributed by atoms with Crippen molar-refractivity contribution in [2.75, 3.05) is 6.54 Å². The van der Waals surface area contributed by atoms with Crippen LogP contribution in [0.4, 0.5) is 0 Å². The lowest BCUT2D eigenvalue weighted by Crippen LogP contribution is -2.29. The lowest BCUT2D eigenvalue weighted by Gasteiger charge is -2.12. The maximum Gasteiger partial charge on any atom is 0.251 e. The highest BCUT2D eigenvalue weighted by atomic mass is 35.5. The molecule has 0 aromatic carbocycles. The number of aromatic nitrogens is 1. The van der Waals surface area contributed by atoms with Gasteiger partial charge in [-0.25, -0.2) is 4.98 Å². The van der Waals surface area contributed by atoms with Crippen molar-refractivity contribution >= 4 is 17.5 Å². The average Bonchev–Trinajstić information content (AvgIpc) is 3.19. The molecule has 1 saturated carbocycles. The summed E-state index contributed by atoms with van der Waals surface area (Å²) in [6.45, 7) is 5.02. The van der Waals surface area contributed by atoms with E-state index in [0.717, 1.165) is 31.0 Å². The van der Waals surface area contributed by atoms with Crippen LogP contribution in [-0.2, 0) is 6.42 Å². The quantitative estimate of drug-likeness (QED) is 0.811. The number of hydrogen-bond donors (Lipinski definition) is 1. The lowest BCUT2D eigenvalue weighted by atomic mass is 10.1. The molecule has 1 unspecified atom stereocenters. The number of pyridine rings is 1. The molecule has 3 nitrogen and oxygen atoms in total. The van der Waals surface area contributed by atoms with Crippen LogP contribution in [0, 0.1) is 11.8 Å². The van der Waals surface area contributed by atoms with E-state index in [-0.39, 0.29) is 5.91 Å². The van der Waals surface area contributed by atoms with Gasteiger partial charge in [0.15, 0.2) is 0 Å². The van der Waals surface area contributed by atoms with E-state index >= 15 is 0 Å². The van der Waals surface area contributed by atoms with Crippen molar-refractivity contribution in [3.8, 4) is 0 Å². The molecule has 1 aliphatic carbocycles. The van der Waals surface area contributed by atoms with Gasteiger partial charge in [-0.15, -0.1) is 0 Å². The second-order valence-corrected chi connectivity index (χ2v) is 5.83. The number of amides is 1. The number of carbonyl (C=O) groups excluding carboxylic acids is 1. The van der Waals surface area contributed by atoms with Gasteiger partial charge in [0, 0.05) is 17.8 Å². The standard InChI is InChI=1S/C15H21ClN2O/c1-3-4-13-7-12(8-14(16)18-13)15(19)17-9-10(2)11-5-6-11/h7-8,10-11H,3-6,9H2,1-2H3,(H,17,19). The van der Waals surface area contributed by atoms with Crippen LogP contribution in [0.5, 0.6) is 0 Å². The molecule has 1 aliphatic rings. The Morgan fingerprint density at radius 3 is 2.89 bits per heavy atom.